The van der Waals surface area contributed by atoms with Crippen molar-refractivity contribution in [3.8, 4) is 5.75 Å². The summed E-state index contributed by atoms with van der Waals surface area (Å²) in [5, 5.41) is 3.41. The lowest BCUT2D eigenvalue weighted by molar-refractivity contribution is -0.116. The van der Waals surface area contributed by atoms with Crippen LogP contribution < -0.4 is 9.84 Å². The molecule has 1 heterocycles. The average Bonchev–Trinajstić information content (AvgIpc) is 3.35. The van der Waals surface area contributed by atoms with Crippen molar-refractivity contribution in [2.75, 3.05) is 5.32 Å². The van der Waals surface area contributed by atoms with Crippen LogP contribution in [0.15, 0.2) is 24.4 Å². The van der Waals surface area contributed by atoms with Crippen LogP contribution in [0.25, 0.3) is 0 Å². The summed E-state index contributed by atoms with van der Waals surface area (Å²) in [6.45, 7) is 3.99. The molecule has 2 saturated carbocycles. The van der Waals surface area contributed by atoms with Gasteiger partial charge >= 0.3 is 15.6 Å². The molecule has 14 heteroatoms. The molecule has 5 N–H and O–H groups in total. The van der Waals surface area contributed by atoms with Crippen molar-refractivity contribution in [3.63, 3.8) is 0 Å². The number of fused-ring (bicyclic) bond motifs is 5. The first-order valence-corrected chi connectivity index (χ1v) is 16.9. The molecule has 1 aromatic heterocycles. The van der Waals surface area contributed by atoms with Crippen LogP contribution in [0.3, 0.4) is 0 Å². The Labute approximate surface area is 230 Å². The zero-order valence-electron chi connectivity index (χ0n) is 21.7. The Hall–Kier alpha value is -1.62. The molecule has 1 amide bonds. The SMILES string of the molecule is Cc1cnc(NC(=O)CCC2CC(OP(=O)(O)O)C3(C)CCC4c5ccc(OP(=O)(O)O)cc5CCC4C23)s1. The topological polar surface area (TPSA) is 176 Å². The molecule has 5 rings (SSSR count). The van der Waals surface area contributed by atoms with Crippen molar-refractivity contribution in [1.82, 2.24) is 4.98 Å². The summed E-state index contributed by atoms with van der Waals surface area (Å²) in [6, 6.07) is 5.18. The molecule has 3 aliphatic carbocycles. The average molecular weight is 601 g/mol. The van der Waals surface area contributed by atoms with Crippen LogP contribution in [0.2, 0.25) is 0 Å². The molecule has 1 aromatic carbocycles. The number of phosphoric ester groups is 2. The number of nitrogens with one attached hydrogen (secondary N) is 1. The first-order chi connectivity index (χ1) is 18.2. The Bertz CT molecular complexity index is 1340. The van der Waals surface area contributed by atoms with Gasteiger partial charge in [-0.25, -0.2) is 14.1 Å². The molecular weight excluding hydrogens is 566 g/mol. The van der Waals surface area contributed by atoms with Crippen LogP contribution in [0.5, 0.6) is 5.75 Å². The molecular formula is C25H34N2O9P2S. The number of hydrogen-bond donors (Lipinski definition) is 5. The van der Waals surface area contributed by atoms with E-state index >= 15 is 0 Å². The van der Waals surface area contributed by atoms with Gasteiger partial charge < -0.3 is 19.6 Å². The van der Waals surface area contributed by atoms with Crippen molar-refractivity contribution in [1.29, 1.82) is 0 Å². The minimum Gasteiger partial charge on any atom is -0.404 e. The van der Waals surface area contributed by atoms with E-state index < -0.39 is 27.2 Å². The lowest BCUT2D eigenvalue weighted by atomic mass is 9.53. The van der Waals surface area contributed by atoms with E-state index in [0.717, 1.165) is 28.8 Å². The lowest BCUT2D eigenvalue weighted by Crippen LogP contribution is -2.45. The van der Waals surface area contributed by atoms with E-state index in [9.17, 15) is 33.5 Å². The zero-order chi connectivity index (χ0) is 28.2. The van der Waals surface area contributed by atoms with Gasteiger partial charge in [-0.1, -0.05) is 13.0 Å². The number of anilines is 1. The Morgan fingerprint density at radius 1 is 1.21 bits per heavy atom. The third kappa shape index (κ3) is 6.34. The quantitative estimate of drug-likeness (QED) is 0.262. The normalized spacial score (nSPS) is 30.3. The first-order valence-electron chi connectivity index (χ1n) is 13.1. The van der Waals surface area contributed by atoms with E-state index in [4.69, 9.17) is 9.05 Å². The van der Waals surface area contributed by atoms with E-state index in [1.54, 1.807) is 18.3 Å². The summed E-state index contributed by atoms with van der Waals surface area (Å²) in [6.07, 6.45) is 5.45. The summed E-state index contributed by atoms with van der Waals surface area (Å²) in [7, 11) is -9.36. The third-order valence-corrected chi connectivity index (χ3v) is 10.7. The minimum absolute atomic E-state index is 0.0435. The molecule has 0 aliphatic heterocycles. The second-order valence-electron chi connectivity index (χ2n) is 11.3. The number of amides is 1. The van der Waals surface area contributed by atoms with Gasteiger partial charge in [0, 0.05) is 17.5 Å². The fourth-order valence-corrected chi connectivity index (χ4v) is 9.25. The number of aromatic nitrogens is 1. The Kier molecular flexibility index (Phi) is 7.89. The van der Waals surface area contributed by atoms with Gasteiger partial charge in [-0.2, -0.15) is 0 Å². The number of benzene rings is 1. The molecule has 6 atom stereocenters. The molecule has 0 saturated heterocycles. The van der Waals surface area contributed by atoms with Gasteiger partial charge in [0.05, 0.1) is 6.10 Å². The molecule has 11 nitrogen and oxygen atoms in total. The number of nitrogens with zero attached hydrogens (tertiary/aromatic N) is 1. The van der Waals surface area contributed by atoms with E-state index in [2.05, 4.69) is 17.2 Å². The highest BCUT2D eigenvalue weighted by Gasteiger charge is 2.60. The van der Waals surface area contributed by atoms with Crippen LogP contribution in [0.1, 0.15) is 67.4 Å². The minimum atomic E-state index is -4.71. The summed E-state index contributed by atoms with van der Waals surface area (Å²) < 4.78 is 33.4. The second-order valence-corrected chi connectivity index (χ2v) is 14.9. The monoisotopic (exact) mass is 600 g/mol. The molecule has 0 spiro atoms. The van der Waals surface area contributed by atoms with E-state index in [0.29, 0.717) is 30.8 Å². The number of phosphoric acid groups is 2. The summed E-state index contributed by atoms with van der Waals surface area (Å²) in [5.74, 6) is 0.564. The van der Waals surface area contributed by atoms with E-state index in [-0.39, 0.29) is 41.7 Å². The third-order valence-electron chi connectivity index (χ3n) is 8.85. The van der Waals surface area contributed by atoms with Gasteiger partial charge in [0.15, 0.2) is 5.13 Å². The largest absolute Gasteiger partial charge is 0.524 e. The Morgan fingerprint density at radius 2 is 1.97 bits per heavy atom. The first kappa shape index (κ1) is 28.9. The van der Waals surface area contributed by atoms with Crippen LogP contribution in [-0.2, 0) is 24.9 Å². The zero-order valence-corrected chi connectivity index (χ0v) is 24.3. The molecule has 214 valence electrons. The number of carbonyl (C=O) groups is 1. The van der Waals surface area contributed by atoms with Crippen molar-refractivity contribution >= 4 is 38.0 Å². The Morgan fingerprint density at radius 3 is 2.64 bits per heavy atom. The molecule has 6 unspecified atom stereocenters. The number of aryl methyl sites for hydroxylation is 2. The molecule has 2 aromatic rings. The second kappa shape index (κ2) is 10.7. The van der Waals surface area contributed by atoms with E-state index in [1.165, 1.54) is 11.3 Å². The number of rotatable bonds is 8. The predicted octanol–water partition coefficient (Wildman–Crippen LogP) is 4.90. The molecule has 39 heavy (non-hydrogen) atoms. The highest BCUT2D eigenvalue weighted by molar-refractivity contribution is 7.46. The summed E-state index contributed by atoms with van der Waals surface area (Å²) in [5.41, 5.74) is 1.68. The number of carbonyl (C=O) groups excluding carboxylic acids is 1. The van der Waals surface area contributed by atoms with Gasteiger partial charge in [0.2, 0.25) is 5.91 Å². The fraction of sp³-hybridized carbons (Fsp3) is 0.600. The maximum atomic E-state index is 12.7. The van der Waals surface area contributed by atoms with Crippen LogP contribution >= 0.6 is 27.0 Å². The van der Waals surface area contributed by atoms with Gasteiger partial charge in [0.1, 0.15) is 5.75 Å². The molecule has 0 bridgehead atoms. The van der Waals surface area contributed by atoms with Crippen LogP contribution in [0, 0.1) is 30.1 Å². The standard InChI is InChI=1S/C25H34N2O9P2S/c1-14-13-26-24(39-14)27-22(28)8-4-16-12-21(36-38(32,33)34)25(2)10-9-19-18-7-5-17(35-37(29,30)31)11-15(18)3-6-20(19)23(16)25/h5,7,11,13,16,19-21,23H,3-4,6,8-10,12H2,1-2H3,(H,26,27,28)(H2,29,30,31)(H2,32,33,34). The van der Waals surface area contributed by atoms with Crippen LogP contribution in [0.4, 0.5) is 5.13 Å². The maximum Gasteiger partial charge on any atom is 0.524 e. The van der Waals surface area contributed by atoms with Crippen molar-refractivity contribution in [3.05, 3.63) is 40.4 Å². The van der Waals surface area contributed by atoms with Crippen molar-refractivity contribution in [2.24, 2.45) is 23.2 Å². The van der Waals surface area contributed by atoms with Crippen molar-refractivity contribution < 1.29 is 42.5 Å². The molecule has 0 radical (unpaired) electrons. The van der Waals surface area contributed by atoms with Gasteiger partial charge in [-0.3, -0.25) is 19.1 Å². The van der Waals surface area contributed by atoms with Gasteiger partial charge in [0.25, 0.3) is 0 Å². The number of thiazole rings is 1. The summed E-state index contributed by atoms with van der Waals surface area (Å²) in [4.78, 5) is 55.7. The fourth-order valence-electron chi connectivity index (χ4n) is 7.52. The van der Waals surface area contributed by atoms with Gasteiger partial charge in [-0.05, 0) is 97.8 Å². The summed E-state index contributed by atoms with van der Waals surface area (Å²) >= 11 is 1.41. The number of hydrogen-bond acceptors (Lipinski definition) is 7. The van der Waals surface area contributed by atoms with Gasteiger partial charge in [-0.15, -0.1) is 11.3 Å². The lowest BCUT2D eigenvalue weighted by Gasteiger charge is -2.52. The smallest absolute Gasteiger partial charge is 0.404 e. The van der Waals surface area contributed by atoms with Crippen molar-refractivity contribution in [2.45, 2.75) is 70.8 Å². The highest BCUT2D eigenvalue weighted by Crippen LogP contribution is 2.66. The molecule has 3 aliphatic rings. The maximum absolute atomic E-state index is 12.7. The Balaban J connectivity index is 1.38. The molecule has 2 fully saturated rings. The predicted molar refractivity (Wildman–Crippen MR) is 144 cm³/mol. The van der Waals surface area contributed by atoms with Crippen LogP contribution in [-0.4, -0.2) is 36.6 Å². The highest BCUT2D eigenvalue weighted by atomic mass is 32.1. The van der Waals surface area contributed by atoms with E-state index in [1.807, 2.05) is 13.0 Å².